The highest BCUT2D eigenvalue weighted by Crippen LogP contribution is 2.52. The molecule has 1 aromatic carbocycles. The van der Waals surface area contributed by atoms with E-state index in [0.29, 0.717) is 6.04 Å². The molecule has 1 aromatic rings. The maximum absolute atomic E-state index is 12.0. The van der Waals surface area contributed by atoms with E-state index in [-0.39, 0.29) is 0 Å². The number of hydrogen-bond acceptors (Lipinski definition) is 4. The van der Waals surface area contributed by atoms with Crippen LogP contribution < -0.4 is 5.32 Å². The maximum atomic E-state index is 12.0. The Morgan fingerprint density at radius 1 is 1.14 bits per heavy atom. The van der Waals surface area contributed by atoms with Crippen molar-refractivity contribution in [1.29, 1.82) is 0 Å². The molecule has 0 bridgehead atoms. The van der Waals surface area contributed by atoms with Crippen LogP contribution in [0.5, 0.6) is 0 Å². The molecule has 1 saturated carbocycles. The highest BCUT2D eigenvalue weighted by molar-refractivity contribution is 7.92. The van der Waals surface area contributed by atoms with E-state index in [0.717, 1.165) is 44.6 Å². The first kappa shape index (κ1) is 15.0. The lowest BCUT2D eigenvalue weighted by Gasteiger charge is -2.33. The molecule has 2 fully saturated rings. The third kappa shape index (κ3) is 2.74. The average Bonchev–Trinajstić information content (AvgIpc) is 3.29. The van der Waals surface area contributed by atoms with Crippen LogP contribution in [0.1, 0.15) is 36.9 Å². The topological polar surface area (TPSA) is 49.4 Å². The second kappa shape index (κ2) is 5.38. The molecule has 1 aliphatic heterocycles. The number of piperazine rings is 1. The van der Waals surface area contributed by atoms with Crippen LogP contribution in [0.3, 0.4) is 0 Å². The molecule has 4 nitrogen and oxygen atoms in total. The van der Waals surface area contributed by atoms with E-state index in [1.54, 1.807) is 0 Å². The molecule has 0 spiro atoms. The van der Waals surface area contributed by atoms with Crippen molar-refractivity contribution in [2.45, 2.75) is 30.6 Å². The second-order valence-corrected chi connectivity index (χ2v) is 8.68. The van der Waals surface area contributed by atoms with Crippen molar-refractivity contribution >= 4 is 9.84 Å². The minimum Gasteiger partial charge on any atom is -0.314 e. The smallest absolute Gasteiger partial charge is 0.157 e. The predicted octanol–water partition coefficient (Wildman–Crippen LogP) is 1.69. The standard InChI is InChI=1S/C16H24N2O2S/c1-13(18-11-9-17-10-12-18)14-3-5-15(6-4-14)16(7-8-16)21(2,19)20/h3-6,13,17H,7-12H2,1-2H3. The van der Waals surface area contributed by atoms with Gasteiger partial charge in [0.25, 0.3) is 0 Å². The number of sulfone groups is 1. The lowest BCUT2D eigenvalue weighted by atomic mass is 10.0. The van der Waals surface area contributed by atoms with E-state index >= 15 is 0 Å². The van der Waals surface area contributed by atoms with Gasteiger partial charge < -0.3 is 5.32 Å². The van der Waals surface area contributed by atoms with Crippen molar-refractivity contribution in [3.05, 3.63) is 35.4 Å². The summed E-state index contributed by atoms with van der Waals surface area (Å²) in [4.78, 5) is 2.47. The summed E-state index contributed by atoms with van der Waals surface area (Å²) in [5, 5.41) is 3.37. The zero-order valence-corrected chi connectivity index (χ0v) is 13.6. The van der Waals surface area contributed by atoms with Crippen LogP contribution in [0.15, 0.2) is 24.3 Å². The molecule has 0 aromatic heterocycles. The minimum absolute atomic E-state index is 0.384. The molecule has 1 unspecified atom stereocenters. The number of nitrogens with one attached hydrogen (secondary N) is 1. The summed E-state index contributed by atoms with van der Waals surface area (Å²) >= 11 is 0. The molecule has 1 atom stereocenters. The van der Waals surface area contributed by atoms with Crippen LogP contribution in [0.4, 0.5) is 0 Å². The van der Waals surface area contributed by atoms with Crippen LogP contribution in [-0.4, -0.2) is 45.8 Å². The van der Waals surface area contributed by atoms with E-state index in [2.05, 4.69) is 29.3 Å². The van der Waals surface area contributed by atoms with Crippen LogP contribution >= 0.6 is 0 Å². The molecule has 2 aliphatic rings. The fraction of sp³-hybridized carbons (Fsp3) is 0.625. The van der Waals surface area contributed by atoms with Gasteiger partial charge in [0.15, 0.2) is 9.84 Å². The molecule has 1 N–H and O–H groups in total. The normalized spacial score (nSPS) is 23.7. The van der Waals surface area contributed by atoms with E-state index in [4.69, 9.17) is 0 Å². The Balaban J connectivity index is 1.78. The predicted molar refractivity (Wildman–Crippen MR) is 85.1 cm³/mol. The van der Waals surface area contributed by atoms with Crippen LogP contribution in [0.25, 0.3) is 0 Å². The summed E-state index contributed by atoms with van der Waals surface area (Å²) in [6.45, 7) is 6.44. The molecular weight excluding hydrogens is 284 g/mol. The van der Waals surface area contributed by atoms with Gasteiger partial charge in [-0.25, -0.2) is 8.42 Å². The largest absolute Gasteiger partial charge is 0.314 e. The first-order valence-corrected chi connectivity index (χ1v) is 9.58. The van der Waals surface area contributed by atoms with Crippen LogP contribution in [0.2, 0.25) is 0 Å². The van der Waals surface area contributed by atoms with Gasteiger partial charge in [-0.3, -0.25) is 4.90 Å². The van der Waals surface area contributed by atoms with Gasteiger partial charge in [-0.15, -0.1) is 0 Å². The van der Waals surface area contributed by atoms with Gasteiger partial charge in [0.2, 0.25) is 0 Å². The third-order valence-electron chi connectivity index (χ3n) is 5.03. The van der Waals surface area contributed by atoms with Gasteiger partial charge in [-0.05, 0) is 30.9 Å². The van der Waals surface area contributed by atoms with E-state index < -0.39 is 14.6 Å². The Morgan fingerprint density at radius 3 is 2.19 bits per heavy atom. The molecule has 116 valence electrons. The number of nitrogens with zero attached hydrogens (tertiary/aromatic N) is 1. The Labute approximate surface area is 127 Å². The van der Waals surface area contributed by atoms with E-state index in [9.17, 15) is 8.42 Å². The van der Waals surface area contributed by atoms with Crippen LogP contribution in [0, 0.1) is 0 Å². The second-order valence-electron chi connectivity index (χ2n) is 6.35. The van der Waals surface area contributed by atoms with Gasteiger partial charge in [-0.2, -0.15) is 0 Å². The number of benzene rings is 1. The first-order chi connectivity index (χ1) is 9.94. The monoisotopic (exact) mass is 308 g/mol. The summed E-state index contributed by atoms with van der Waals surface area (Å²) in [6, 6.07) is 8.62. The van der Waals surface area contributed by atoms with Crippen molar-refractivity contribution in [2.75, 3.05) is 32.4 Å². The maximum Gasteiger partial charge on any atom is 0.157 e. The van der Waals surface area contributed by atoms with Gasteiger partial charge in [0.05, 0.1) is 4.75 Å². The summed E-state index contributed by atoms with van der Waals surface area (Å²) in [5.41, 5.74) is 2.23. The summed E-state index contributed by atoms with van der Waals surface area (Å²) in [6.07, 6.45) is 2.88. The molecule has 0 radical (unpaired) electrons. The molecule has 1 saturated heterocycles. The quantitative estimate of drug-likeness (QED) is 0.919. The number of hydrogen-bond donors (Lipinski definition) is 1. The summed E-state index contributed by atoms with van der Waals surface area (Å²) in [5.74, 6) is 0. The van der Waals surface area contributed by atoms with Gasteiger partial charge in [-0.1, -0.05) is 24.3 Å². The SMILES string of the molecule is CC(c1ccc(C2(S(C)(=O)=O)CC2)cc1)N1CCNCC1. The van der Waals surface area contributed by atoms with Crippen molar-refractivity contribution in [2.24, 2.45) is 0 Å². The first-order valence-electron chi connectivity index (χ1n) is 7.69. The molecule has 0 amide bonds. The molecule has 1 heterocycles. The average molecular weight is 308 g/mol. The highest BCUT2D eigenvalue weighted by Gasteiger charge is 2.53. The van der Waals surface area contributed by atoms with Crippen LogP contribution in [-0.2, 0) is 14.6 Å². The third-order valence-corrected chi connectivity index (χ3v) is 7.10. The zero-order valence-electron chi connectivity index (χ0n) is 12.8. The Morgan fingerprint density at radius 2 is 1.71 bits per heavy atom. The lowest BCUT2D eigenvalue weighted by Crippen LogP contribution is -2.44. The van der Waals surface area contributed by atoms with Crippen molar-refractivity contribution < 1.29 is 8.42 Å². The number of rotatable bonds is 4. The highest BCUT2D eigenvalue weighted by atomic mass is 32.2. The molecule has 5 heteroatoms. The zero-order chi connectivity index (χ0) is 15.1. The molecular formula is C16H24N2O2S. The molecule has 3 rings (SSSR count). The van der Waals surface area contributed by atoms with Gasteiger partial charge in [0.1, 0.15) is 0 Å². The van der Waals surface area contributed by atoms with Crippen molar-refractivity contribution in [1.82, 2.24) is 10.2 Å². The summed E-state index contributed by atoms with van der Waals surface area (Å²) in [7, 11) is -3.02. The Bertz CT molecular complexity index is 600. The minimum atomic E-state index is -3.02. The molecule has 21 heavy (non-hydrogen) atoms. The Kier molecular flexibility index (Phi) is 3.84. The summed E-state index contributed by atoms with van der Waals surface area (Å²) < 4.78 is 23.3. The fourth-order valence-corrected chi connectivity index (χ4v) is 4.74. The fourth-order valence-electron chi connectivity index (χ4n) is 3.33. The van der Waals surface area contributed by atoms with E-state index in [1.165, 1.54) is 11.8 Å². The van der Waals surface area contributed by atoms with Crippen molar-refractivity contribution in [3.63, 3.8) is 0 Å². The van der Waals surface area contributed by atoms with Crippen molar-refractivity contribution in [3.8, 4) is 0 Å². The van der Waals surface area contributed by atoms with Gasteiger partial charge >= 0.3 is 0 Å². The van der Waals surface area contributed by atoms with Gasteiger partial charge in [0, 0.05) is 38.5 Å². The lowest BCUT2D eigenvalue weighted by molar-refractivity contribution is 0.185. The molecule has 1 aliphatic carbocycles. The van der Waals surface area contributed by atoms with E-state index in [1.807, 2.05) is 12.1 Å². The Hall–Kier alpha value is -0.910.